The van der Waals surface area contributed by atoms with Crippen molar-refractivity contribution < 1.29 is 8.78 Å². The van der Waals surface area contributed by atoms with Crippen LogP contribution in [0.4, 0.5) is 20.4 Å². The number of aromatic nitrogens is 2. The van der Waals surface area contributed by atoms with E-state index in [-0.39, 0.29) is 11.6 Å². The minimum Gasteiger partial charge on any atom is -0.381 e. The number of hydrogen-bond donors (Lipinski definition) is 1. The number of rotatable bonds is 3. The van der Waals surface area contributed by atoms with Gasteiger partial charge in [-0.3, -0.25) is 4.98 Å². The molecule has 0 atom stereocenters. The molecular weight excluding hydrogens is 238 g/mol. The minimum atomic E-state index is -0.853. The van der Waals surface area contributed by atoms with Crippen molar-refractivity contribution in [2.75, 3.05) is 17.7 Å². The maximum Gasteiger partial charge on any atom is 0.168 e. The average Bonchev–Trinajstić information content (AvgIpc) is 2.35. The molecule has 94 valence electrons. The largest absolute Gasteiger partial charge is 0.381 e. The van der Waals surface area contributed by atoms with Crippen LogP contribution in [0.25, 0.3) is 0 Å². The fourth-order valence-corrected chi connectivity index (χ4v) is 1.58. The van der Waals surface area contributed by atoms with Crippen LogP contribution in [-0.2, 0) is 6.54 Å². The van der Waals surface area contributed by atoms with E-state index in [1.165, 1.54) is 0 Å². The van der Waals surface area contributed by atoms with Crippen molar-refractivity contribution in [2.24, 2.45) is 0 Å². The fraction of sp³-hybridized carbons (Fsp3) is 0.167. The van der Waals surface area contributed by atoms with Crippen LogP contribution < -0.4 is 10.6 Å². The summed E-state index contributed by atoms with van der Waals surface area (Å²) in [6.45, 7) is 0.428. The Hall–Kier alpha value is -2.24. The first kappa shape index (κ1) is 12.2. The van der Waals surface area contributed by atoms with E-state index in [0.717, 1.165) is 11.6 Å². The van der Waals surface area contributed by atoms with E-state index >= 15 is 0 Å². The van der Waals surface area contributed by atoms with Crippen LogP contribution in [0.3, 0.4) is 0 Å². The second-order valence-corrected chi connectivity index (χ2v) is 3.87. The van der Waals surface area contributed by atoms with Gasteiger partial charge in [0.1, 0.15) is 0 Å². The predicted octanol–water partition coefficient (Wildman–Crippen LogP) is 1.97. The van der Waals surface area contributed by atoms with Gasteiger partial charge in [0.05, 0.1) is 0 Å². The van der Waals surface area contributed by atoms with Gasteiger partial charge < -0.3 is 10.6 Å². The molecule has 0 aliphatic heterocycles. The van der Waals surface area contributed by atoms with Gasteiger partial charge in [0.25, 0.3) is 0 Å². The molecule has 2 N–H and O–H groups in total. The molecular formula is C12H12F2N4. The molecule has 18 heavy (non-hydrogen) atoms. The Labute approximate surface area is 103 Å². The molecule has 0 saturated heterocycles. The number of pyridine rings is 2. The molecule has 0 saturated carbocycles. The number of halogens is 2. The van der Waals surface area contributed by atoms with Gasteiger partial charge in [0.2, 0.25) is 0 Å². The number of anilines is 2. The van der Waals surface area contributed by atoms with E-state index in [1.807, 2.05) is 0 Å². The zero-order chi connectivity index (χ0) is 13.1. The van der Waals surface area contributed by atoms with Crippen LogP contribution in [0.1, 0.15) is 5.56 Å². The molecule has 4 nitrogen and oxygen atoms in total. The van der Waals surface area contributed by atoms with Crippen LogP contribution in [0.15, 0.2) is 30.6 Å². The molecule has 0 aliphatic carbocycles. The smallest absolute Gasteiger partial charge is 0.168 e. The molecule has 6 heteroatoms. The van der Waals surface area contributed by atoms with Gasteiger partial charge in [-0.2, -0.15) is 0 Å². The third kappa shape index (κ3) is 2.53. The third-order valence-electron chi connectivity index (χ3n) is 2.47. The lowest BCUT2D eigenvalue weighted by molar-refractivity contribution is 0.574. The molecule has 0 aromatic carbocycles. The molecule has 2 aromatic heterocycles. The van der Waals surface area contributed by atoms with Gasteiger partial charge in [0.15, 0.2) is 23.3 Å². The second kappa shape index (κ2) is 4.95. The lowest BCUT2D eigenvalue weighted by Gasteiger charge is -2.19. The molecule has 2 aromatic rings. The summed E-state index contributed by atoms with van der Waals surface area (Å²) in [4.78, 5) is 9.15. The molecule has 0 aliphatic rings. The van der Waals surface area contributed by atoms with Gasteiger partial charge in [0, 0.05) is 32.1 Å². The van der Waals surface area contributed by atoms with Crippen molar-refractivity contribution in [2.45, 2.75) is 6.54 Å². The SMILES string of the molecule is CN(Cc1ccncc1)c1nc(N)c(F)cc1F. The second-order valence-electron chi connectivity index (χ2n) is 3.87. The summed E-state index contributed by atoms with van der Waals surface area (Å²) in [6, 6.07) is 4.35. The zero-order valence-corrected chi connectivity index (χ0v) is 9.77. The van der Waals surface area contributed by atoms with Gasteiger partial charge in [-0.25, -0.2) is 13.8 Å². The number of nitrogens with two attached hydrogens (primary N) is 1. The molecule has 0 fully saturated rings. The van der Waals surface area contributed by atoms with Crippen LogP contribution >= 0.6 is 0 Å². The maximum absolute atomic E-state index is 13.6. The van der Waals surface area contributed by atoms with Crippen LogP contribution in [-0.4, -0.2) is 17.0 Å². The Kier molecular flexibility index (Phi) is 3.36. The standard InChI is InChI=1S/C12H12F2N4/c1-18(7-8-2-4-16-5-3-8)12-10(14)6-9(13)11(15)17-12/h2-6H,7H2,1H3,(H2,15,17). The molecule has 0 amide bonds. The maximum atomic E-state index is 13.6. The minimum absolute atomic E-state index is 0.0192. The normalized spacial score (nSPS) is 10.4. The highest BCUT2D eigenvalue weighted by atomic mass is 19.1. The lowest BCUT2D eigenvalue weighted by Crippen LogP contribution is -2.20. The summed E-state index contributed by atoms with van der Waals surface area (Å²) in [5.74, 6) is -1.88. The molecule has 0 radical (unpaired) electrons. The van der Waals surface area contributed by atoms with Crippen molar-refractivity contribution in [3.05, 3.63) is 47.8 Å². The summed E-state index contributed by atoms with van der Waals surface area (Å²) in [6.07, 6.45) is 3.29. The average molecular weight is 250 g/mol. The van der Waals surface area contributed by atoms with Crippen molar-refractivity contribution >= 4 is 11.6 Å². The Morgan fingerprint density at radius 2 is 1.89 bits per heavy atom. The number of nitrogen functional groups attached to an aromatic ring is 1. The van der Waals surface area contributed by atoms with Gasteiger partial charge in [-0.1, -0.05) is 0 Å². The zero-order valence-electron chi connectivity index (χ0n) is 9.77. The topological polar surface area (TPSA) is 55.0 Å². The van der Waals surface area contributed by atoms with Crippen molar-refractivity contribution in [3.63, 3.8) is 0 Å². The fourth-order valence-electron chi connectivity index (χ4n) is 1.58. The Bertz CT molecular complexity index is 545. The molecule has 2 heterocycles. The Morgan fingerprint density at radius 1 is 1.22 bits per heavy atom. The highest BCUT2D eigenvalue weighted by molar-refractivity contribution is 5.46. The predicted molar refractivity (Wildman–Crippen MR) is 64.9 cm³/mol. The van der Waals surface area contributed by atoms with Crippen LogP contribution in [0.2, 0.25) is 0 Å². The monoisotopic (exact) mass is 250 g/mol. The van der Waals surface area contributed by atoms with E-state index in [9.17, 15) is 8.78 Å². The highest BCUT2D eigenvalue weighted by Gasteiger charge is 2.13. The highest BCUT2D eigenvalue weighted by Crippen LogP contribution is 2.20. The van der Waals surface area contributed by atoms with Gasteiger partial charge in [-0.15, -0.1) is 0 Å². The van der Waals surface area contributed by atoms with E-state index in [2.05, 4.69) is 9.97 Å². The first-order chi connectivity index (χ1) is 8.58. The quantitative estimate of drug-likeness (QED) is 0.904. The Morgan fingerprint density at radius 3 is 2.56 bits per heavy atom. The molecule has 0 spiro atoms. The van der Waals surface area contributed by atoms with Gasteiger partial charge >= 0.3 is 0 Å². The summed E-state index contributed by atoms with van der Waals surface area (Å²) >= 11 is 0. The summed E-state index contributed by atoms with van der Waals surface area (Å²) < 4.78 is 26.6. The van der Waals surface area contributed by atoms with Crippen molar-refractivity contribution in [1.29, 1.82) is 0 Å². The first-order valence-corrected chi connectivity index (χ1v) is 5.29. The van der Waals surface area contributed by atoms with E-state index in [0.29, 0.717) is 6.54 Å². The Balaban J connectivity index is 2.24. The van der Waals surface area contributed by atoms with Crippen molar-refractivity contribution in [1.82, 2.24) is 9.97 Å². The summed E-state index contributed by atoms with van der Waals surface area (Å²) in [7, 11) is 1.66. The summed E-state index contributed by atoms with van der Waals surface area (Å²) in [5, 5.41) is 0. The first-order valence-electron chi connectivity index (χ1n) is 5.29. The van der Waals surface area contributed by atoms with Crippen LogP contribution in [0, 0.1) is 11.6 Å². The van der Waals surface area contributed by atoms with E-state index in [4.69, 9.17) is 5.73 Å². The van der Waals surface area contributed by atoms with E-state index < -0.39 is 11.6 Å². The number of hydrogen-bond acceptors (Lipinski definition) is 4. The van der Waals surface area contributed by atoms with E-state index in [1.54, 1.807) is 36.5 Å². The molecule has 0 unspecified atom stereocenters. The lowest BCUT2D eigenvalue weighted by atomic mass is 10.2. The molecule has 0 bridgehead atoms. The molecule has 2 rings (SSSR count). The van der Waals surface area contributed by atoms with Gasteiger partial charge in [-0.05, 0) is 17.7 Å². The third-order valence-corrected chi connectivity index (χ3v) is 2.47. The number of nitrogens with zero attached hydrogens (tertiary/aromatic N) is 3. The summed E-state index contributed by atoms with van der Waals surface area (Å²) in [5.41, 5.74) is 6.27. The van der Waals surface area contributed by atoms with Crippen LogP contribution in [0.5, 0.6) is 0 Å². The van der Waals surface area contributed by atoms with Crippen molar-refractivity contribution in [3.8, 4) is 0 Å².